The van der Waals surface area contributed by atoms with Crippen LogP contribution in [0.5, 0.6) is 11.5 Å². The van der Waals surface area contributed by atoms with Crippen molar-refractivity contribution in [2.45, 2.75) is 30.7 Å². The Morgan fingerprint density at radius 2 is 1.67 bits per heavy atom. The standard InChI is InChI=1S/C21H24ClNO6S/c1-2-27-17-7-9-18(10-8-17)28-14-15-29-21(24)20-4-3-13-23(20)30(25,26)19-11-5-16(22)6-12-19/h5-12,20H,2-4,13-15H2,1H3/t20-/m0/s1. The molecule has 0 bridgehead atoms. The van der Waals surface area contributed by atoms with Crippen LogP contribution in [0.3, 0.4) is 0 Å². The fourth-order valence-corrected chi connectivity index (χ4v) is 4.97. The zero-order chi connectivity index (χ0) is 21.6. The average molecular weight is 454 g/mol. The van der Waals surface area contributed by atoms with E-state index in [1.807, 2.05) is 6.92 Å². The first kappa shape index (κ1) is 22.4. The third-order valence-electron chi connectivity index (χ3n) is 4.63. The molecule has 3 rings (SSSR count). The lowest BCUT2D eigenvalue weighted by Gasteiger charge is -2.22. The van der Waals surface area contributed by atoms with Crippen molar-refractivity contribution in [2.24, 2.45) is 0 Å². The maximum atomic E-state index is 12.9. The lowest BCUT2D eigenvalue weighted by Crippen LogP contribution is -2.41. The molecule has 1 atom stereocenters. The van der Waals surface area contributed by atoms with Crippen LogP contribution >= 0.6 is 11.6 Å². The molecule has 0 N–H and O–H groups in total. The summed E-state index contributed by atoms with van der Waals surface area (Å²) in [7, 11) is -3.80. The number of rotatable bonds is 9. The molecule has 0 unspecified atom stereocenters. The Labute approximate surface area is 181 Å². The fraction of sp³-hybridized carbons (Fsp3) is 0.381. The van der Waals surface area contributed by atoms with Crippen molar-refractivity contribution in [3.63, 3.8) is 0 Å². The van der Waals surface area contributed by atoms with Crippen molar-refractivity contribution in [1.82, 2.24) is 4.31 Å². The van der Waals surface area contributed by atoms with E-state index in [-0.39, 0.29) is 24.7 Å². The molecule has 1 fully saturated rings. The van der Waals surface area contributed by atoms with Gasteiger partial charge in [0.1, 0.15) is 30.8 Å². The molecule has 1 heterocycles. The van der Waals surface area contributed by atoms with Crippen LogP contribution in [-0.2, 0) is 19.6 Å². The van der Waals surface area contributed by atoms with Crippen LogP contribution in [0, 0.1) is 0 Å². The summed E-state index contributed by atoms with van der Waals surface area (Å²) >= 11 is 5.84. The third-order valence-corrected chi connectivity index (χ3v) is 6.80. The molecule has 1 saturated heterocycles. The molecule has 0 radical (unpaired) electrons. The SMILES string of the molecule is CCOc1ccc(OCCOC(=O)[C@@H]2CCCN2S(=O)(=O)c2ccc(Cl)cc2)cc1. The topological polar surface area (TPSA) is 82.1 Å². The van der Waals surface area contributed by atoms with Gasteiger partial charge in [-0.25, -0.2) is 8.42 Å². The summed E-state index contributed by atoms with van der Waals surface area (Å²) < 4.78 is 43.2. The van der Waals surface area contributed by atoms with Gasteiger partial charge in [0, 0.05) is 11.6 Å². The van der Waals surface area contributed by atoms with Crippen molar-refractivity contribution in [2.75, 3.05) is 26.4 Å². The van der Waals surface area contributed by atoms with Crippen molar-refractivity contribution >= 4 is 27.6 Å². The first-order valence-corrected chi connectivity index (χ1v) is 11.5. The van der Waals surface area contributed by atoms with Crippen LogP contribution in [0.1, 0.15) is 19.8 Å². The Hall–Kier alpha value is -2.29. The minimum atomic E-state index is -3.80. The second-order valence-corrected chi connectivity index (χ2v) is 8.98. The van der Waals surface area contributed by atoms with E-state index in [4.69, 9.17) is 25.8 Å². The molecular formula is C21H24ClNO6S. The van der Waals surface area contributed by atoms with Crippen molar-refractivity contribution in [3.8, 4) is 11.5 Å². The van der Waals surface area contributed by atoms with Crippen molar-refractivity contribution in [1.29, 1.82) is 0 Å². The lowest BCUT2D eigenvalue weighted by atomic mass is 10.2. The number of esters is 1. The summed E-state index contributed by atoms with van der Waals surface area (Å²) in [6.45, 7) is 2.95. The normalized spacial score (nSPS) is 16.9. The monoisotopic (exact) mass is 453 g/mol. The summed E-state index contributed by atoms with van der Waals surface area (Å²) in [5.41, 5.74) is 0. The molecule has 0 spiro atoms. The molecule has 2 aromatic carbocycles. The zero-order valence-corrected chi connectivity index (χ0v) is 18.2. The highest BCUT2D eigenvalue weighted by atomic mass is 35.5. The first-order valence-electron chi connectivity index (χ1n) is 9.71. The van der Waals surface area contributed by atoms with Crippen LogP contribution in [0.25, 0.3) is 0 Å². The van der Waals surface area contributed by atoms with Gasteiger partial charge in [0.2, 0.25) is 10.0 Å². The average Bonchev–Trinajstić information content (AvgIpc) is 3.24. The van der Waals surface area contributed by atoms with E-state index in [0.29, 0.717) is 30.2 Å². The number of carbonyl (C=O) groups is 1. The van der Waals surface area contributed by atoms with Gasteiger partial charge in [-0.05, 0) is 68.3 Å². The van der Waals surface area contributed by atoms with E-state index in [2.05, 4.69) is 0 Å². The van der Waals surface area contributed by atoms with E-state index in [0.717, 1.165) is 5.75 Å². The maximum Gasteiger partial charge on any atom is 0.324 e. The molecule has 162 valence electrons. The highest BCUT2D eigenvalue weighted by Gasteiger charge is 2.40. The summed E-state index contributed by atoms with van der Waals surface area (Å²) in [6, 6.07) is 12.2. The molecule has 7 nitrogen and oxygen atoms in total. The van der Waals surface area contributed by atoms with Gasteiger partial charge < -0.3 is 14.2 Å². The minimum absolute atomic E-state index is 0.0252. The molecule has 1 aliphatic heterocycles. The van der Waals surface area contributed by atoms with Crippen LogP contribution < -0.4 is 9.47 Å². The third kappa shape index (κ3) is 5.44. The fourth-order valence-electron chi connectivity index (χ4n) is 3.20. The summed E-state index contributed by atoms with van der Waals surface area (Å²) in [6.07, 6.45) is 1.01. The van der Waals surface area contributed by atoms with E-state index in [9.17, 15) is 13.2 Å². The van der Waals surface area contributed by atoms with Crippen LogP contribution in [0.4, 0.5) is 0 Å². The minimum Gasteiger partial charge on any atom is -0.494 e. The number of nitrogens with zero attached hydrogens (tertiary/aromatic N) is 1. The highest BCUT2D eigenvalue weighted by Crippen LogP contribution is 2.27. The highest BCUT2D eigenvalue weighted by molar-refractivity contribution is 7.89. The Kier molecular flexibility index (Phi) is 7.58. The quantitative estimate of drug-likeness (QED) is 0.427. The molecule has 0 aliphatic carbocycles. The Morgan fingerprint density at radius 1 is 1.03 bits per heavy atom. The van der Waals surface area contributed by atoms with Crippen LogP contribution in [0.15, 0.2) is 53.4 Å². The predicted octanol–water partition coefficient (Wildman–Crippen LogP) is 3.51. The van der Waals surface area contributed by atoms with Crippen LogP contribution in [0.2, 0.25) is 5.02 Å². The van der Waals surface area contributed by atoms with Gasteiger partial charge >= 0.3 is 5.97 Å². The molecular weight excluding hydrogens is 430 g/mol. The van der Waals surface area contributed by atoms with E-state index < -0.39 is 22.0 Å². The molecule has 1 aliphatic rings. The van der Waals surface area contributed by atoms with Gasteiger partial charge in [-0.15, -0.1) is 0 Å². The van der Waals surface area contributed by atoms with Gasteiger partial charge in [0.15, 0.2) is 0 Å². The number of ether oxygens (including phenoxy) is 3. The molecule has 0 aromatic heterocycles. The molecule has 0 amide bonds. The van der Waals surface area contributed by atoms with E-state index in [1.165, 1.54) is 28.6 Å². The number of carbonyl (C=O) groups excluding carboxylic acids is 1. The summed E-state index contributed by atoms with van der Waals surface area (Å²) in [4.78, 5) is 12.6. The molecule has 30 heavy (non-hydrogen) atoms. The van der Waals surface area contributed by atoms with Gasteiger partial charge in [0.05, 0.1) is 11.5 Å². The lowest BCUT2D eigenvalue weighted by molar-refractivity contribution is -0.148. The van der Waals surface area contributed by atoms with Gasteiger partial charge in [-0.1, -0.05) is 11.6 Å². The largest absolute Gasteiger partial charge is 0.494 e. The molecule has 9 heteroatoms. The second kappa shape index (κ2) is 10.1. The van der Waals surface area contributed by atoms with Crippen LogP contribution in [-0.4, -0.2) is 51.1 Å². The second-order valence-electron chi connectivity index (χ2n) is 6.65. The number of sulfonamides is 1. The summed E-state index contributed by atoms with van der Waals surface area (Å²) in [5, 5.41) is 0.443. The Bertz CT molecular complexity index is 946. The van der Waals surface area contributed by atoms with Gasteiger partial charge in [0.25, 0.3) is 0 Å². The number of hydrogen-bond acceptors (Lipinski definition) is 6. The van der Waals surface area contributed by atoms with Crippen molar-refractivity contribution in [3.05, 3.63) is 53.6 Å². The number of benzene rings is 2. The van der Waals surface area contributed by atoms with Crippen molar-refractivity contribution < 1.29 is 27.4 Å². The zero-order valence-electron chi connectivity index (χ0n) is 16.6. The predicted molar refractivity (Wildman–Crippen MR) is 112 cm³/mol. The first-order chi connectivity index (χ1) is 14.4. The molecule has 2 aromatic rings. The number of halogens is 1. The van der Waals surface area contributed by atoms with Gasteiger partial charge in [-0.2, -0.15) is 4.31 Å². The van der Waals surface area contributed by atoms with E-state index in [1.54, 1.807) is 24.3 Å². The van der Waals surface area contributed by atoms with E-state index >= 15 is 0 Å². The number of hydrogen-bond donors (Lipinski definition) is 0. The van der Waals surface area contributed by atoms with Gasteiger partial charge in [-0.3, -0.25) is 4.79 Å². The smallest absolute Gasteiger partial charge is 0.324 e. The maximum absolute atomic E-state index is 12.9. The Balaban J connectivity index is 1.52. The molecule has 0 saturated carbocycles. The summed E-state index contributed by atoms with van der Waals surface area (Å²) in [5.74, 6) is 0.808. The Morgan fingerprint density at radius 3 is 2.30 bits per heavy atom.